The predicted molar refractivity (Wildman–Crippen MR) is 205 cm³/mol. The maximum atomic E-state index is 12.9. The number of benzene rings is 2. The van der Waals surface area contributed by atoms with Crippen LogP contribution in [0.1, 0.15) is 74.9 Å². The van der Waals surface area contributed by atoms with Gasteiger partial charge in [-0.05, 0) is 85.0 Å². The molecule has 0 saturated carbocycles. The summed E-state index contributed by atoms with van der Waals surface area (Å²) >= 11 is 2.16. The second kappa shape index (κ2) is 19.8. The molecule has 0 amide bonds. The predicted octanol–water partition coefficient (Wildman–Crippen LogP) is 10.1. The molecule has 2 atom stereocenters. The molecule has 0 saturated heterocycles. The minimum absolute atomic E-state index is 0. The van der Waals surface area contributed by atoms with Crippen molar-refractivity contribution in [1.29, 1.82) is 0 Å². The van der Waals surface area contributed by atoms with Crippen molar-refractivity contribution in [3.05, 3.63) is 67.0 Å². The summed E-state index contributed by atoms with van der Waals surface area (Å²) in [7, 11) is -11.5. The van der Waals surface area contributed by atoms with Gasteiger partial charge in [-0.2, -0.15) is 26.3 Å². The zero-order chi connectivity index (χ0) is 42.5. The first kappa shape index (κ1) is 48.1. The number of hydrogen-bond donors (Lipinski definition) is 2. The zero-order valence-electron chi connectivity index (χ0n) is 31.7. The summed E-state index contributed by atoms with van der Waals surface area (Å²) in [6, 6.07) is 5.56. The number of aromatic nitrogens is 4. The molecule has 0 fully saturated rings. The fourth-order valence-electron chi connectivity index (χ4n) is 5.98. The Balaban J connectivity index is 0.000000256. The second-order valence-electron chi connectivity index (χ2n) is 13.7. The topological polar surface area (TPSA) is 222 Å². The molecule has 2 aliphatic rings. The molecule has 4 aromatic rings. The van der Waals surface area contributed by atoms with E-state index in [-0.39, 0.29) is 53.2 Å². The summed E-state index contributed by atoms with van der Waals surface area (Å²) in [5.41, 5.74) is -5.98. The molecule has 2 aliphatic heterocycles. The van der Waals surface area contributed by atoms with Crippen molar-refractivity contribution in [1.82, 2.24) is 31.0 Å². The molecule has 2 unspecified atom stereocenters. The van der Waals surface area contributed by atoms with Crippen molar-refractivity contribution in [2.45, 2.75) is 76.5 Å². The number of sulfonamides is 2. The maximum Gasteiger partial charge on any atom is 2.00 e. The van der Waals surface area contributed by atoms with Crippen molar-refractivity contribution in [3.63, 3.8) is 0 Å². The van der Waals surface area contributed by atoms with Crippen LogP contribution in [0, 0.1) is 11.8 Å². The first-order valence-corrected chi connectivity index (χ1v) is 22.0. The van der Waals surface area contributed by atoms with Crippen LogP contribution in [0.5, 0.6) is 0 Å². The summed E-state index contributed by atoms with van der Waals surface area (Å²) in [5.74, 6) is 0.657. The van der Waals surface area contributed by atoms with E-state index in [0.29, 0.717) is 37.8 Å². The SMILES string of the molecule is CC(C)CC1NCCc2cc(N=Nc3nncs3)c([N-]S(=O)(=O)C(F)(F)F)cc21.CC(C)CC1NCCc2cc(N=Nc3nncs3)c([N-]S(=O)(=O)C(F)(F)F)cc21.[Zn+2]. The summed E-state index contributed by atoms with van der Waals surface area (Å²) in [5, 5.41) is 37.0. The van der Waals surface area contributed by atoms with Gasteiger partial charge in [0.2, 0.25) is 0 Å². The van der Waals surface area contributed by atoms with Crippen molar-refractivity contribution in [2.24, 2.45) is 32.3 Å². The second-order valence-corrected chi connectivity index (χ2v) is 18.5. The smallest absolute Gasteiger partial charge is 0.568 e. The van der Waals surface area contributed by atoms with Gasteiger partial charge in [-0.1, -0.05) is 73.9 Å². The maximum absolute atomic E-state index is 12.9. The number of halogens is 6. The van der Waals surface area contributed by atoms with E-state index in [1.54, 1.807) is 12.1 Å². The Morgan fingerprint density at radius 3 is 1.36 bits per heavy atom. The van der Waals surface area contributed by atoms with E-state index < -0.39 is 42.4 Å². The molecule has 0 radical (unpaired) electrons. The molecule has 4 heterocycles. The third-order valence-corrected chi connectivity index (χ3v) is 11.6. The van der Waals surface area contributed by atoms with Gasteiger partial charge in [-0.15, -0.1) is 40.9 Å². The van der Waals surface area contributed by atoms with E-state index in [4.69, 9.17) is 0 Å². The molecule has 2 N–H and O–H groups in total. The monoisotopic (exact) mass is 958 g/mol. The van der Waals surface area contributed by atoms with Crippen LogP contribution < -0.4 is 10.6 Å². The molecule has 0 aliphatic carbocycles. The van der Waals surface area contributed by atoms with Crippen LogP contribution in [0.25, 0.3) is 9.44 Å². The number of nitrogens with zero attached hydrogens (tertiary/aromatic N) is 10. The van der Waals surface area contributed by atoms with Crippen molar-refractivity contribution >= 4 is 75.7 Å². The van der Waals surface area contributed by atoms with Gasteiger partial charge >= 0.3 is 30.5 Å². The fourth-order valence-corrected chi connectivity index (χ4v) is 7.74. The molecule has 6 rings (SSSR count). The number of rotatable bonds is 12. The average Bonchev–Trinajstić information content (AvgIpc) is 3.84. The third-order valence-electron chi connectivity index (χ3n) is 8.41. The normalized spacial score (nSPS) is 17.4. The van der Waals surface area contributed by atoms with Gasteiger partial charge in [-0.3, -0.25) is 0 Å². The Labute approximate surface area is 356 Å². The molecular formula is C32H36F6N12O4S4Zn. The first-order chi connectivity index (χ1) is 27.1. The number of hydrogen-bond acceptors (Lipinski definition) is 16. The van der Waals surface area contributed by atoms with Gasteiger partial charge in [0.1, 0.15) is 11.0 Å². The molecule has 2 aromatic carbocycles. The zero-order valence-corrected chi connectivity index (χ0v) is 38.0. The van der Waals surface area contributed by atoms with Crippen LogP contribution in [0.3, 0.4) is 0 Å². The molecule has 0 bridgehead atoms. The molecule has 316 valence electrons. The number of azo groups is 2. The van der Waals surface area contributed by atoms with Gasteiger partial charge in [0.05, 0.1) is 11.4 Å². The summed E-state index contributed by atoms with van der Waals surface area (Å²) in [6.07, 6.45) is 2.73. The van der Waals surface area contributed by atoms with E-state index >= 15 is 0 Å². The van der Waals surface area contributed by atoms with Crippen LogP contribution in [0.4, 0.5) is 59.4 Å². The van der Waals surface area contributed by atoms with Gasteiger partial charge < -0.3 is 20.1 Å². The molecule has 0 spiro atoms. The molecule has 16 nitrogen and oxygen atoms in total. The van der Waals surface area contributed by atoms with Crippen molar-refractivity contribution < 1.29 is 62.7 Å². The van der Waals surface area contributed by atoms with Crippen LogP contribution in [0.15, 0.2) is 55.7 Å². The Kier molecular flexibility index (Phi) is 16.2. The summed E-state index contributed by atoms with van der Waals surface area (Å²) < 4.78 is 130. The van der Waals surface area contributed by atoms with Gasteiger partial charge in [-0.25, -0.2) is 16.8 Å². The molecule has 27 heteroatoms. The first-order valence-electron chi connectivity index (χ1n) is 17.4. The molecule has 2 aromatic heterocycles. The van der Waals surface area contributed by atoms with E-state index in [1.807, 2.05) is 27.7 Å². The summed E-state index contributed by atoms with van der Waals surface area (Å²) in [6.45, 7) is 9.49. The largest absolute Gasteiger partial charge is 2.00 e. The Morgan fingerprint density at radius 1 is 0.678 bits per heavy atom. The minimum Gasteiger partial charge on any atom is -0.568 e. The van der Waals surface area contributed by atoms with Gasteiger partial charge in [0, 0.05) is 12.1 Å². The van der Waals surface area contributed by atoms with Crippen LogP contribution in [-0.2, 0) is 52.4 Å². The Bertz CT molecular complexity index is 2150. The van der Waals surface area contributed by atoms with Gasteiger partial charge in [0.25, 0.3) is 10.3 Å². The molecule has 59 heavy (non-hydrogen) atoms. The summed E-state index contributed by atoms with van der Waals surface area (Å²) in [4.78, 5) is 0. The Hall–Kier alpha value is -3.62. The Morgan fingerprint density at radius 2 is 1.05 bits per heavy atom. The average molecular weight is 960 g/mol. The van der Waals surface area contributed by atoms with E-state index in [2.05, 4.69) is 60.9 Å². The van der Waals surface area contributed by atoms with E-state index in [9.17, 15) is 43.2 Å². The quantitative estimate of drug-likeness (QED) is 0.0777. The number of fused-ring (bicyclic) bond motifs is 2. The third kappa shape index (κ3) is 12.7. The fraction of sp³-hybridized carbons (Fsp3) is 0.500. The van der Waals surface area contributed by atoms with Crippen LogP contribution in [-0.4, -0.2) is 61.3 Å². The minimum atomic E-state index is -5.73. The van der Waals surface area contributed by atoms with Crippen LogP contribution in [0.2, 0.25) is 0 Å². The molecular weight excluding hydrogens is 924 g/mol. The van der Waals surface area contributed by atoms with E-state index in [1.165, 1.54) is 23.2 Å². The van der Waals surface area contributed by atoms with Crippen LogP contribution >= 0.6 is 22.7 Å². The van der Waals surface area contributed by atoms with Crippen molar-refractivity contribution in [3.8, 4) is 0 Å². The van der Waals surface area contributed by atoms with Crippen molar-refractivity contribution in [2.75, 3.05) is 13.1 Å². The van der Waals surface area contributed by atoms with Gasteiger partial charge in [0.15, 0.2) is 20.0 Å². The number of nitrogens with one attached hydrogen (secondary N) is 2. The number of alkyl halides is 6. The van der Waals surface area contributed by atoms with E-state index in [0.717, 1.165) is 57.8 Å². The standard InChI is InChI=1S/2C16H18F3N6O2S2.Zn/c2*1-9(2)5-12-11-7-14(25-29(26,27)16(17,18)19)13(6-10(11)3-4-20-12)22-24-15-23-21-8-28-15;/h2*6-9,12,20H,3-5H2,1-2H3;/q2*-1;+2.